The van der Waals surface area contributed by atoms with E-state index in [1.54, 1.807) is 19.1 Å². The number of hydrogen-bond donors (Lipinski definition) is 2. The number of carbonyl (C=O) groups excluding carboxylic acids is 1. The molecule has 1 amide bonds. The third kappa shape index (κ3) is 3.77. The van der Waals surface area contributed by atoms with Gasteiger partial charge in [0.15, 0.2) is 0 Å². The molecule has 110 valence electrons. The van der Waals surface area contributed by atoms with Gasteiger partial charge in [0.05, 0.1) is 6.10 Å². The summed E-state index contributed by atoms with van der Waals surface area (Å²) in [5.74, 6) is -0.405. The monoisotopic (exact) mass is 281 g/mol. The molecule has 1 aromatic carbocycles. The first-order valence-electron chi connectivity index (χ1n) is 6.85. The van der Waals surface area contributed by atoms with Crippen molar-refractivity contribution in [1.29, 1.82) is 0 Å². The van der Waals surface area contributed by atoms with Crippen molar-refractivity contribution >= 4 is 5.91 Å². The van der Waals surface area contributed by atoms with Gasteiger partial charge in [0.1, 0.15) is 11.4 Å². The van der Waals surface area contributed by atoms with Gasteiger partial charge in [0.25, 0.3) is 0 Å². The first kappa shape index (κ1) is 14.9. The van der Waals surface area contributed by atoms with Gasteiger partial charge in [-0.05, 0) is 31.0 Å². The van der Waals surface area contributed by atoms with E-state index in [0.29, 0.717) is 25.9 Å². The van der Waals surface area contributed by atoms with E-state index in [4.69, 9.17) is 4.74 Å². The number of ether oxygens (including phenoxy) is 1. The zero-order valence-electron chi connectivity index (χ0n) is 11.6. The van der Waals surface area contributed by atoms with Gasteiger partial charge in [-0.1, -0.05) is 12.1 Å². The Hall–Kier alpha value is -1.46. The fraction of sp³-hybridized carbons (Fsp3) is 0.533. The van der Waals surface area contributed by atoms with Crippen LogP contribution in [0.25, 0.3) is 0 Å². The number of hydrogen-bond acceptors (Lipinski definition) is 3. The van der Waals surface area contributed by atoms with Crippen LogP contribution in [0.2, 0.25) is 0 Å². The molecular weight excluding hydrogens is 261 g/mol. The molecule has 2 rings (SSSR count). The van der Waals surface area contributed by atoms with Crippen molar-refractivity contribution < 1.29 is 19.0 Å². The molecule has 0 spiro atoms. The summed E-state index contributed by atoms with van der Waals surface area (Å²) in [5, 5.41) is 13.0. The average Bonchev–Trinajstić information content (AvgIpc) is 2.76. The molecule has 0 bridgehead atoms. The van der Waals surface area contributed by atoms with Crippen LogP contribution in [-0.2, 0) is 16.0 Å². The normalized spacial score (nSPS) is 25.6. The highest BCUT2D eigenvalue weighted by Crippen LogP contribution is 2.24. The van der Waals surface area contributed by atoms with Crippen LogP contribution < -0.4 is 5.32 Å². The van der Waals surface area contributed by atoms with Gasteiger partial charge < -0.3 is 15.2 Å². The number of aliphatic hydroxyl groups is 1. The quantitative estimate of drug-likeness (QED) is 0.858. The predicted molar refractivity (Wildman–Crippen MR) is 72.7 cm³/mol. The van der Waals surface area contributed by atoms with Gasteiger partial charge in [-0.3, -0.25) is 4.79 Å². The molecule has 1 fully saturated rings. The predicted octanol–water partition coefficient (Wildman–Crippen LogP) is 1.41. The molecule has 20 heavy (non-hydrogen) atoms. The van der Waals surface area contributed by atoms with E-state index in [-0.39, 0.29) is 24.4 Å². The molecule has 0 aliphatic carbocycles. The summed E-state index contributed by atoms with van der Waals surface area (Å²) in [6.45, 7) is 2.53. The summed E-state index contributed by atoms with van der Waals surface area (Å²) in [4.78, 5) is 11.8. The Balaban J connectivity index is 1.74. The van der Waals surface area contributed by atoms with Crippen LogP contribution in [-0.4, -0.2) is 35.9 Å². The van der Waals surface area contributed by atoms with Crippen molar-refractivity contribution in [1.82, 2.24) is 5.32 Å². The van der Waals surface area contributed by atoms with E-state index in [9.17, 15) is 14.3 Å². The van der Waals surface area contributed by atoms with Crippen LogP contribution in [0.4, 0.5) is 4.39 Å². The highest BCUT2D eigenvalue weighted by atomic mass is 19.1. The van der Waals surface area contributed by atoms with Gasteiger partial charge in [-0.2, -0.15) is 0 Å². The van der Waals surface area contributed by atoms with Crippen molar-refractivity contribution in [3.63, 3.8) is 0 Å². The number of rotatable bonds is 5. The van der Waals surface area contributed by atoms with E-state index >= 15 is 0 Å². The molecular formula is C15H20FNO3. The second kappa shape index (κ2) is 6.33. The molecule has 1 aliphatic heterocycles. The fourth-order valence-electron chi connectivity index (χ4n) is 2.25. The minimum Gasteiger partial charge on any atom is -0.385 e. The van der Waals surface area contributed by atoms with Crippen LogP contribution in [0.15, 0.2) is 24.3 Å². The Morgan fingerprint density at radius 1 is 1.50 bits per heavy atom. The van der Waals surface area contributed by atoms with Crippen molar-refractivity contribution in [2.45, 2.75) is 37.9 Å². The number of benzene rings is 1. The summed E-state index contributed by atoms with van der Waals surface area (Å²) < 4.78 is 18.0. The molecule has 4 nitrogen and oxygen atoms in total. The maximum Gasteiger partial charge on any atom is 0.220 e. The number of amides is 1. The van der Waals surface area contributed by atoms with Crippen molar-refractivity contribution in [2.24, 2.45) is 0 Å². The molecule has 2 unspecified atom stereocenters. The van der Waals surface area contributed by atoms with Gasteiger partial charge in [0, 0.05) is 26.0 Å². The van der Waals surface area contributed by atoms with Crippen LogP contribution in [0.1, 0.15) is 25.3 Å². The lowest BCUT2D eigenvalue weighted by Crippen LogP contribution is -2.47. The molecule has 1 saturated heterocycles. The molecule has 0 radical (unpaired) electrons. The highest BCUT2D eigenvalue weighted by Gasteiger charge is 2.39. The van der Waals surface area contributed by atoms with Gasteiger partial charge in [-0.15, -0.1) is 0 Å². The second-order valence-electron chi connectivity index (χ2n) is 5.27. The number of carbonyl (C=O) groups is 1. The first-order chi connectivity index (χ1) is 9.49. The lowest BCUT2D eigenvalue weighted by Gasteiger charge is -2.26. The molecule has 1 heterocycles. The van der Waals surface area contributed by atoms with Crippen LogP contribution in [0.3, 0.4) is 0 Å². The van der Waals surface area contributed by atoms with Gasteiger partial charge in [-0.25, -0.2) is 4.39 Å². The minimum absolute atomic E-state index is 0.123. The summed E-state index contributed by atoms with van der Waals surface area (Å²) in [7, 11) is 0. The zero-order valence-corrected chi connectivity index (χ0v) is 11.6. The maximum absolute atomic E-state index is 12.7. The number of nitrogens with one attached hydrogen (secondary N) is 1. The number of halogens is 1. The summed E-state index contributed by atoms with van der Waals surface area (Å²) in [5.41, 5.74) is -0.0521. The van der Waals surface area contributed by atoms with E-state index in [2.05, 4.69) is 5.32 Å². The molecule has 0 aromatic heterocycles. The van der Waals surface area contributed by atoms with E-state index in [0.717, 1.165) is 5.56 Å². The van der Waals surface area contributed by atoms with Crippen LogP contribution >= 0.6 is 0 Å². The maximum atomic E-state index is 12.7. The molecule has 0 saturated carbocycles. The van der Waals surface area contributed by atoms with Gasteiger partial charge in [0.2, 0.25) is 5.91 Å². The number of aryl methyl sites for hydroxylation is 1. The topological polar surface area (TPSA) is 58.6 Å². The molecule has 5 heteroatoms. The van der Waals surface area contributed by atoms with Crippen molar-refractivity contribution in [3.05, 3.63) is 35.6 Å². The SMILES string of the molecule is CC1OCCC1(O)CNC(=O)CCc1ccc(F)cc1. The Labute approximate surface area is 117 Å². The smallest absolute Gasteiger partial charge is 0.220 e. The standard InChI is InChI=1S/C15H20FNO3/c1-11-15(19,8-9-20-11)10-17-14(18)7-4-12-2-5-13(16)6-3-12/h2-3,5-6,11,19H,4,7-10H2,1H3,(H,17,18). The Morgan fingerprint density at radius 3 is 2.80 bits per heavy atom. The van der Waals surface area contributed by atoms with E-state index in [1.165, 1.54) is 12.1 Å². The zero-order chi connectivity index (χ0) is 14.6. The Morgan fingerprint density at radius 2 is 2.20 bits per heavy atom. The Bertz CT molecular complexity index is 463. The molecule has 2 atom stereocenters. The average molecular weight is 281 g/mol. The van der Waals surface area contributed by atoms with E-state index < -0.39 is 5.60 Å². The van der Waals surface area contributed by atoms with Crippen LogP contribution in [0, 0.1) is 5.82 Å². The first-order valence-corrected chi connectivity index (χ1v) is 6.85. The van der Waals surface area contributed by atoms with Gasteiger partial charge >= 0.3 is 0 Å². The lowest BCUT2D eigenvalue weighted by atomic mass is 9.96. The van der Waals surface area contributed by atoms with Crippen molar-refractivity contribution in [2.75, 3.05) is 13.2 Å². The fourth-order valence-corrected chi connectivity index (χ4v) is 2.25. The molecule has 1 aliphatic rings. The summed E-state index contributed by atoms with van der Waals surface area (Å²) in [6, 6.07) is 6.10. The summed E-state index contributed by atoms with van der Waals surface area (Å²) in [6.07, 6.45) is 1.14. The van der Waals surface area contributed by atoms with E-state index in [1.807, 2.05) is 0 Å². The van der Waals surface area contributed by atoms with Crippen LogP contribution in [0.5, 0.6) is 0 Å². The second-order valence-corrected chi connectivity index (χ2v) is 5.27. The third-order valence-electron chi connectivity index (χ3n) is 3.81. The highest BCUT2D eigenvalue weighted by molar-refractivity contribution is 5.76. The minimum atomic E-state index is -0.967. The lowest BCUT2D eigenvalue weighted by molar-refractivity contribution is -0.122. The third-order valence-corrected chi connectivity index (χ3v) is 3.81. The summed E-state index contributed by atoms with van der Waals surface area (Å²) >= 11 is 0. The molecule has 2 N–H and O–H groups in total. The largest absolute Gasteiger partial charge is 0.385 e. The Kier molecular flexibility index (Phi) is 4.73. The van der Waals surface area contributed by atoms with Crippen molar-refractivity contribution in [3.8, 4) is 0 Å². The molecule has 1 aromatic rings.